The van der Waals surface area contributed by atoms with Gasteiger partial charge in [-0.3, -0.25) is 24.1 Å². The lowest BCUT2D eigenvalue weighted by Gasteiger charge is -2.14. The molecule has 0 radical (unpaired) electrons. The molecule has 8 heteroatoms. The number of anilines is 2. The van der Waals surface area contributed by atoms with Gasteiger partial charge < -0.3 is 15.4 Å². The first kappa shape index (κ1) is 21.3. The molecule has 0 aromatic heterocycles. The molecule has 4 rings (SSSR count). The number of fused-ring (bicyclic) bond motifs is 1. The third-order valence-electron chi connectivity index (χ3n) is 5.69. The van der Waals surface area contributed by atoms with Crippen molar-refractivity contribution in [2.24, 2.45) is 11.8 Å². The highest BCUT2D eigenvalue weighted by Crippen LogP contribution is 2.34. The summed E-state index contributed by atoms with van der Waals surface area (Å²) in [6.07, 6.45) is 4.88. The van der Waals surface area contributed by atoms with Crippen molar-refractivity contribution in [1.82, 2.24) is 4.90 Å². The highest BCUT2D eigenvalue weighted by molar-refractivity contribution is 6.09. The molecule has 1 fully saturated rings. The molecule has 1 heterocycles. The standard InChI is InChI=1S/C24H23N3O5/c1-32-20-9-5-4-8-19(20)26-22(29)15-10-12-16(13-11-15)25-21(28)14-27-23(30)17-6-2-3-7-18(17)24(27)31/h2-5,8-13,17-18H,6-7,14H2,1H3,(H,25,28)(H,26,29)/t17-,18-/m0/s1. The van der Waals surface area contributed by atoms with Crippen LogP contribution >= 0.6 is 0 Å². The van der Waals surface area contributed by atoms with E-state index in [-0.39, 0.29) is 36.1 Å². The number of nitrogens with zero attached hydrogens (tertiary/aromatic N) is 1. The van der Waals surface area contributed by atoms with Gasteiger partial charge in [0.15, 0.2) is 0 Å². The number of likely N-dealkylation sites (tertiary alicyclic amines) is 1. The van der Waals surface area contributed by atoms with Gasteiger partial charge in [-0.1, -0.05) is 24.3 Å². The Hall–Kier alpha value is -3.94. The van der Waals surface area contributed by atoms with Crippen molar-refractivity contribution in [1.29, 1.82) is 0 Å². The number of hydrogen-bond donors (Lipinski definition) is 2. The van der Waals surface area contributed by atoms with E-state index in [0.29, 0.717) is 35.5 Å². The molecule has 164 valence electrons. The Labute approximate surface area is 185 Å². The van der Waals surface area contributed by atoms with Crippen LogP contribution in [0.2, 0.25) is 0 Å². The van der Waals surface area contributed by atoms with Crippen molar-refractivity contribution in [3.63, 3.8) is 0 Å². The minimum Gasteiger partial charge on any atom is -0.495 e. The largest absolute Gasteiger partial charge is 0.495 e. The molecular weight excluding hydrogens is 410 g/mol. The van der Waals surface area contributed by atoms with Crippen molar-refractivity contribution in [2.45, 2.75) is 12.8 Å². The van der Waals surface area contributed by atoms with E-state index >= 15 is 0 Å². The van der Waals surface area contributed by atoms with Crippen LogP contribution in [0.4, 0.5) is 11.4 Å². The van der Waals surface area contributed by atoms with Crippen molar-refractivity contribution in [3.8, 4) is 5.75 Å². The van der Waals surface area contributed by atoms with Gasteiger partial charge in [-0.2, -0.15) is 0 Å². The van der Waals surface area contributed by atoms with E-state index in [2.05, 4.69) is 10.6 Å². The van der Waals surface area contributed by atoms with Crippen LogP contribution in [-0.2, 0) is 14.4 Å². The van der Waals surface area contributed by atoms with Crippen molar-refractivity contribution in [3.05, 3.63) is 66.2 Å². The lowest BCUT2D eigenvalue weighted by Crippen LogP contribution is -2.38. The maximum Gasteiger partial charge on any atom is 0.255 e. The summed E-state index contributed by atoms with van der Waals surface area (Å²) >= 11 is 0. The average molecular weight is 433 g/mol. The van der Waals surface area contributed by atoms with E-state index in [9.17, 15) is 19.2 Å². The summed E-state index contributed by atoms with van der Waals surface area (Å²) < 4.78 is 5.23. The summed E-state index contributed by atoms with van der Waals surface area (Å²) in [5.41, 5.74) is 1.41. The number of methoxy groups -OCH3 is 1. The molecule has 0 saturated carbocycles. The first-order valence-electron chi connectivity index (χ1n) is 10.3. The lowest BCUT2D eigenvalue weighted by atomic mass is 9.85. The predicted molar refractivity (Wildman–Crippen MR) is 118 cm³/mol. The second-order valence-corrected chi connectivity index (χ2v) is 7.70. The van der Waals surface area contributed by atoms with Crippen LogP contribution in [0.15, 0.2) is 60.7 Å². The molecule has 0 unspecified atom stereocenters. The number of amides is 4. The first-order valence-corrected chi connectivity index (χ1v) is 10.3. The maximum atomic E-state index is 12.5. The van der Waals surface area contributed by atoms with E-state index in [4.69, 9.17) is 4.74 Å². The molecule has 0 spiro atoms. The molecule has 2 atom stereocenters. The number of carbonyl (C=O) groups excluding carboxylic acids is 4. The Balaban J connectivity index is 1.35. The Bertz CT molecular complexity index is 1070. The molecule has 8 nitrogen and oxygen atoms in total. The van der Waals surface area contributed by atoms with Crippen molar-refractivity contribution < 1.29 is 23.9 Å². The zero-order valence-electron chi connectivity index (χ0n) is 17.5. The minimum absolute atomic E-state index is 0.289. The van der Waals surface area contributed by atoms with E-state index in [1.165, 1.54) is 7.11 Å². The summed E-state index contributed by atoms with van der Waals surface area (Å²) in [7, 11) is 1.52. The topological polar surface area (TPSA) is 105 Å². The zero-order chi connectivity index (χ0) is 22.7. The molecule has 0 bridgehead atoms. The lowest BCUT2D eigenvalue weighted by molar-refractivity contribution is -0.142. The zero-order valence-corrected chi connectivity index (χ0v) is 17.5. The van der Waals surface area contributed by atoms with E-state index in [1.54, 1.807) is 48.5 Å². The van der Waals surface area contributed by atoms with Gasteiger partial charge in [-0.15, -0.1) is 0 Å². The maximum absolute atomic E-state index is 12.5. The van der Waals surface area contributed by atoms with Crippen LogP contribution in [0, 0.1) is 11.8 Å². The number of ether oxygens (including phenoxy) is 1. The van der Waals surface area contributed by atoms with Gasteiger partial charge in [-0.05, 0) is 49.2 Å². The number of benzene rings is 2. The minimum atomic E-state index is -0.468. The van der Waals surface area contributed by atoms with Crippen LogP contribution in [0.3, 0.4) is 0 Å². The second-order valence-electron chi connectivity index (χ2n) is 7.70. The molecule has 4 amide bonds. The number of rotatable bonds is 6. The number of para-hydroxylation sites is 2. The van der Waals surface area contributed by atoms with Crippen LogP contribution < -0.4 is 15.4 Å². The van der Waals surface area contributed by atoms with Gasteiger partial charge in [0.2, 0.25) is 17.7 Å². The summed E-state index contributed by atoms with van der Waals surface area (Å²) in [5, 5.41) is 5.46. The molecule has 2 aliphatic rings. The Kier molecular flexibility index (Phi) is 6.02. The number of nitrogens with one attached hydrogen (secondary N) is 2. The molecule has 2 aromatic rings. The molecule has 32 heavy (non-hydrogen) atoms. The van der Waals surface area contributed by atoms with Crippen LogP contribution in [0.25, 0.3) is 0 Å². The second kappa shape index (κ2) is 9.05. The fraction of sp³-hybridized carbons (Fsp3) is 0.250. The summed E-state index contributed by atoms with van der Waals surface area (Å²) in [4.78, 5) is 51.0. The van der Waals surface area contributed by atoms with E-state index in [1.807, 2.05) is 12.2 Å². The highest BCUT2D eigenvalue weighted by atomic mass is 16.5. The SMILES string of the molecule is COc1ccccc1NC(=O)c1ccc(NC(=O)CN2C(=O)[C@H]3CC=CC[C@@H]3C2=O)cc1. The van der Waals surface area contributed by atoms with Crippen molar-refractivity contribution >= 4 is 35.0 Å². The summed E-state index contributed by atoms with van der Waals surface area (Å²) in [5.74, 6) is -1.54. The number of imide groups is 1. The fourth-order valence-corrected chi connectivity index (χ4v) is 4.02. The van der Waals surface area contributed by atoms with Gasteiger partial charge in [0.1, 0.15) is 12.3 Å². The Morgan fingerprint density at radius 1 is 0.938 bits per heavy atom. The first-order chi connectivity index (χ1) is 15.5. The van der Waals surface area contributed by atoms with Crippen LogP contribution in [0.1, 0.15) is 23.2 Å². The quantitative estimate of drug-likeness (QED) is 0.538. The summed E-state index contributed by atoms with van der Waals surface area (Å²) in [6.45, 7) is -0.319. The number of allylic oxidation sites excluding steroid dienone is 2. The molecule has 1 aliphatic carbocycles. The molecular formula is C24H23N3O5. The van der Waals surface area contributed by atoms with Gasteiger partial charge >= 0.3 is 0 Å². The third kappa shape index (κ3) is 4.25. The normalized spacial score (nSPS) is 19.5. The van der Waals surface area contributed by atoms with Gasteiger partial charge in [0, 0.05) is 11.3 Å². The predicted octanol–water partition coefficient (Wildman–Crippen LogP) is 2.84. The fourth-order valence-electron chi connectivity index (χ4n) is 4.02. The van der Waals surface area contributed by atoms with E-state index < -0.39 is 5.91 Å². The van der Waals surface area contributed by atoms with E-state index in [0.717, 1.165) is 4.90 Å². The third-order valence-corrected chi connectivity index (χ3v) is 5.69. The number of hydrogen-bond acceptors (Lipinski definition) is 5. The Morgan fingerprint density at radius 2 is 1.56 bits per heavy atom. The van der Waals surface area contributed by atoms with Crippen LogP contribution in [0.5, 0.6) is 5.75 Å². The highest BCUT2D eigenvalue weighted by Gasteiger charge is 2.47. The average Bonchev–Trinajstić information content (AvgIpc) is 3.05. The van der Waals surface area contributed by atoms with Crippen molar-refractivity contribution in [2.75, 3.05) is 24.3 Å². The monoisotopic (exact) mass is 433 g/mol. The smallest absolute Gasteiger partial charge is 0.255 e. The molecule has 2 N–H and O–H groups in total. The summed E-state index contributed by atoms with van der Waals surface area (Å²) in [6, 6.07) is 13.4. The molecule has 1 aliphatic heterocycles. The van der Waals surface area contributed by atoms with Gasteiger partial charge in [0.25, 0.3) is 5.91 Å². The molecule has 2 aromatic carbocycles. The van der Waals surface area contributed by atoms with Gasteiger partial charge in [-0.25, -0.2) is 0 Å². The number of carbonyl (C=O) groups is 4. The molecule has 1 saturated heterocycles. The Morgan fingerprint density at radius 3 is 2.19 bits per heavy atom. The van der Waals surface area contributed by atoms with Crippen LogP contribution in [-0.4, -0.2) is 42.2 Å². The van der Waals surface area contributed by atoms with Gasteiger partial charge in [0.05, 0.1) is 24.6 Å².